The van der Waals surface area contributed by atoms with E-state index in [0.717, 1.165) is 9.78 Å². The van der Waals surface area contributed by atoms with E-state index in [0.29, 0.717) is 5.57 Å². The predicted molar refractivity (Wildman–Crippen MR) is 104 cm³/mol. The van der Waals surface area contributed by atoms with Crippen molar-refractivity contribution in [1.29, 1.82) is 0 Å². The molecule has 0 aliphatic carbocycles. The van der Waals surface area contributed by atoms with E-state index < -0.39 is 28.1 Å². The fourth-order valence-corrected chi connectivity index (χ4v) is 6.42. The maximum atomic E-state index is 12.8. The van der Waals surface area contributed by atoms with E-state index in [1.165, 1.54) is 41.8 Å². The Morgan fingerprint density at radius 2 is 2.17 bits per heavy atom. The van der Waals surface area contributed by atoms with Gasteiger partial charge in [0.2, 0.25) is 5.91 Å². The van der Waals surface area contributed by atoms with Crippen LogP contribution in [0, 0.1) is 0 Å². The predicted octanol–water partition coefficient (Wildman–Crippen LogP) is -3.05. The smallest absolute Gasteiger partial charge is 0.543 e. The first-order chi connectivity index (χ1) is 13.3. The second-order valence-electron chi connectivity index (χ2n) is 6.07. The number of fused-ring (bicyclic) bond motifs is 1. The van der Waals surface area contributed by atoms with Crippen LogP contribution in [0.4, 0.5) is 0 Å². The van der Waals surface area contributed by atoms with Crippen molar-refractivity contribution in [3.8, 4) is 0 Å². The van der Waals surface area contributed by atoms with Crippen molar-refractivity contribution in [2.24, 2.45) is 0 Å². The normalized spacial score (nSPS) is 22.9. The first-order valence-electron chi connectivity index (χ1n) is 8.21. The fourth-order valence-electron chi connectivity index (χ4n) is 3.07. The van der Waals surface area contributed by atoms with Gasteiger partial charge in [-0.05, 0) is 17.7 Å². The summed E-state index contributed by atoms with van der Waals surface area (Å²) < 4.78 is 3.93. The van der Waals surface area contributed by atoms with Crippen LogP contribution in [-0.2, 0) is 30.3 Å². The van der Waals surface area contributed by atoms with E-state index in [1.54, 1.807) is 6.26 Å². The third-order valence-corrected chi connectivity index (χ3v) is 8.37. The number of nitrogens with zero attached hydrogens (tertiary/aromatic N) is 1. The van der Waals surface area contributed by atoms with Crippen molar-refractivity contribution in [3.63, 3.8) is 0 Å². The minimum Gasteiger partial charge on any atom is -0.543 e. The molecule has 1 fully saturated rings. The van der Waals surface area contributed by atoms with Crippen molar-refractivity contribution in [3.05, 3.63) is 33.7 Å². The van der Waals surface area contributed by atoms with Gasteiger partial charge in [0.25, 0.3) is 5.91 Å². The van der Waals surface area contributed by atoms with Crippen LogP contribution in [-0.4, -0.2) is 57.5 Å². The largest absolute Gasteiger partial charge is 1.00 e. The zero-order chi connectivity index (χ0) is 20.5. The molecule has 0 aromatic carbocycles. The molecular weight excluding hydrogens is 447 g/mol. The number of rotatable bonds is 7. The van der Waals surface area contributed by atoms with Crippen LogP contribution in [0.2, 0.25) is 0 Å². The maximum absolute atomic E-state index is 12.8. The molecule has 150 valence electrons. The van der Waals surface area contributed by atoms with Gasteiger partial charge in [0.05, 0.1) is 18.1 Å². The number of nitrogens with one attached hydrogen (secondary N) is 1. The Morgan fingerprint density at radius 3 is 2.72 bits per heavy atom. The average Bonchev–Trinajstić information content (AvgIpc) is 3.15. The summed E-state index contributed by atoms with van der Waals surface area (Å²) in [6, 6.07) is 2.81. The summed E-state index contributed by atoms with van der Waals surface area (Å²) in [5.74, 6) is -2.67. The molecule has 3 rings (SSSR count). The standard InChI is InChI=1S/C17H18N2O6S3.Na/c1-9(20)25-7-10-8-28-17(26-2)14(15(22)19(17)13(10)16(23)24)18-12(21)6-11-4-3-5-27-11;/h3-5,14H,6-8H2,1-2H3,(H,18,21)(H,23,24);/q;+1/p-1/t14?,17-;/m1./s1. The zero-order valence-electron chi connectivity index (χ0n) is 16.1. The zero-order valence-corrected chi connectivity index (χ0v) is 20.5. The molecule has 1 N–H and O–H groups in total. The summed E-state index contributed by atoms with van der Waals surface area (Å²) in [6.45, 7) is 0.991. The van der Waals surface area contributed by atoms with Crippen LogP contribution in [0.5, 0.6) is 0 Å². The number of thiophene rings is 1. The Morgan fingerprint density at radius 1 is 1.45 bits per heavy atom. The van der Waals surface area contributed by atoms with Crippen LogP contribution in [0.3, 0.4) is 0 Å². The molecular formula is C17H17N2NaO6S3. The first kappa shape index (κ1) is 24.3. The number of hydrogen-bond acceptors (Lipinski definition) is 9. The van der Waals surface area contributed by atoms with Gasteiger partial charge >= 0.3 is 35.5 Å². The number of carbonyl (C=O) groups is 4. The second kappa shape index (κ2) is 9.88. The molecule has 1 saturated heterocycles. The number of amides is 2. The van der Waals surface area contributed by atoms with E-state index in [2.05, 4.69) is 5.32 Å². The fraction of sp³-hybridized carbons (Fsp3) is 0.412. The molecule has 12 heteroatoms. The van der Waals surface area contributed by atoms with Gasteiger partial charge in [-0.25, -0.2) is 0 Å². The minimum absolute atomic E-state index is 0. The van der Waals surface area contributed by atoms with Gasteiger partial charge in [0.1, 0.15) is 6.61 Å². The molecule has 8 nitrogen and oxygen atoms in total. The molecule has 2 aliphatic heterocycles. The Hall–Kier alpha value is -0.980. The Bertz CT molecular complexity index is 859. The third-order valence-electron chi connectivity index (χ3n) is 4.31. The molecule has 0 spiro atoms. The summed E-state index contributed by atoms with van der Waals surface area (Å²) in [5.41, 5.74) is 0.00435. The average molecular weight is 465 g/mol. The number of ether oxygens (including phenoxy) is 1. The Labute approximate surface area is 202 Å². The monoisotopic (exact) mass is 464 g/mol. The van der Waals surface area contributed by atoms with Gasteiger partial charge in [0, 0.05) is 23.1 Å². The van der Waals surface area contributed by atoms with Crippen LogP contribution >= 0.6 is 34.9 Å². The van der Waals surface area contributed by atoms with Crippen molar-refractivity contribution in [2.75, 3.05) is 18.6 Å². The number of thioether (sulfide) groups is 2. The number of hydrogen-bond donors (Lipinski definition) is 1. The number of carboxylic acids is 1. The first-order valence-corrected chi connectivity index (χ1v) is 11.3. The van der Waals surface area contributed by atoms with Crippen LogP contribution in [0.25, 0.3) is 0 Å². The van der Waals surface area contributed by atoms with Gasteiger partial charge in [-0.1, -0.05) is 6.07 Å². The van der Waals surface area contributed by atoms with Gasteiger partial charge < -0.3 is 20.0 Å². The Balaban J connectivity index is 0.00000300. The van der Waals surface area contributed by atoms with Crippen molar-refractivity contribution in [2.45, 2.75) is 23.6 Å². The van der Waals surface area contributed by atoms with E-state index in [1.807, 2.05) is 17.5 Å². The summed E-state index contributed by atoms with van der Waals surface area (Å²) >= 11 is 4.04. The van der Waals surface area contributed by atoms with E-state index >= 15 is 0 Å². The van der Waals surface area contributed by atoms with Gasteiger partial charge in [-0.15, -0.1) is 34.9 Å². The van der Waals surface area contributed by atoms with Gasteiger partial charge in [-0.2, -0.15) is 0 Å². The van der Waals surface area contributed by atoms with Gasteiger partial charge in [-0.3, -0.25) is 19.3 Å². The molecule has 0 bridgehead atoms. The molecule has 29 heavy (non-hydrogen) atoms. The quantitative estimate of drug-likeness (QED) is 0.257. The summed E-state index contributed by atoms with van der Waals surface area (Å²) in [5, 5.41) is 16.3. The molecule has 1 unspecified atom stereocenters. The number of aliphatic carboxylic acids is 1. The molecule has 2 atom stereocenters. The third kappa shape index (κ3) is 4.70. The van der Waals surface area contributed by atoms with Crippen molar-refractivity contribution >= 4 is 58.6 Å². The van der Waals surface area contributed by atoms with Gasteiger partial charge in [0.15, 0.2) is 10.2 Å². The number of β-lactam (4-membered cyclic amide) rings is 1. The maximum Gasteiger partial charge on any atom is 1.00 e. The van der Waals surface area contributed by atoms with Crippen LogP contribution < -0.4 is 40.0 Å². The molecule has 2 aliphatic rings. The Kier molecular flexibility index (Phi) is 8.28. The van der Waals surface area contributed by atoms with Crippen molar-refractivity contribution < 1.29 is 58.6 Å². The van der Waals surface area contributed by atoms with E-state index in [-0.39, 0.29) is 59.9 Å². The number of carbonyl (C=O) groups excluding carboxylic acids is 4. The molecule has 1 aromatic rings. The topological polar surface area (TPSA) is 116 Å². The molecule has 3 heterocycles. The van der Waals surface area contributed by atoms with E-state index in [9.17, 15) is 24.3 Å². The summed E-state index contributed by atoms with van der Waals surface area (Å²) in [4.78, 5) is 49.9. The van der Waals surface area contributed by atoms with Crippen molar-refractivity contribution in [1.82, 2.24) is 10.2 Å². The molecule has 1 aromatic heterocycles. The SMILES string of the molecule is CS[C@]12SCC(COC(C)=O)=C(C(=O)[O-])N1C(=O)C2NC(=O)Cc1cccs1.[Na+]. The van der Waals surface area contributed by atoms with Crippen LogP contribution in [0.1, 0.15) is 11.8 Å². The summed E-state index contributed by atoms with van der Waals surface area (Å²) in [6.07, 6.45) is 1.90. The minimum atomic E-state index is -1.52. The molecule has 0 saturated carbocycles. The van der Waals surface area contributed by atoms with E-state index in [4.69, 9.17) is 4.74 Å². The molecule has 0 radical (unpaired) electrons. The van der Waals surface area contributed by atoms with Crippen LogP contribution in [0.15, 0.2) is 28.8 Å². The summed E-state index contributed by atoms with van der Waals surface area (Å²) in [7, 11) is 0. The second-order valence-corrected chi connectivity index (χ2v) is 9.59. The number of esters is 1. The number of carboxylic acid groups (broad SMARTS) is 1. The molecule has 2 amide bonds.